The van der Waals surface area contributed by atoms with Gasteiger partial charge in [-0.25, -0.2) is 0 Å². The van der Waals surface area contributed by atoms with Crippen molar-refractivity contribution in [1.82, 2.24) is 5.32 Å². The lowest BCUT2D eigenvalue weighted by Crippen LogP contribution is -2.26. The van der Waals surface area contributed by atoms with Crippen LogP contribution in [0.25, 0.3) is 0 Å². The fraction of sp³-hybridized carbons (Fsp3) is 0.235. The number of aliphatic hydroxyl groups is 1. The summed E-state index contributed by atoms with van der Waals surface area (Å²) in [5.41, 5.74) is 2.24. The third-order valence-corrected chi connectivity index (χ3v) is 4.05. The molecule has 0 saturated carbocycles. The number of hydrogen-bond acceptors (Lipinski definition) is 3. The van der Waals surface area contributed by atoms with E-state index in [1.807, 2.05) is 30.5 Å². The molecule has 0 aliphatic heterocycles. The van der Waals surface area contributed by atoms with E-state index in [0.717, 1.165) is 17.5 Å². The Morgan fingerprint density at radius 3 is 2.90 bits per heavy atom. The molecular formula is C17H17NO2S. The van der Waals surface area contributed by atoms with E-state index >= 15 is 0 Å². The Hall–Kier alpha value is -2.09. The molecule has 0 fully saturated rings. The number of benzene rings is 1. The Bertz CT molecular complexity index is 666. The fourth-order valence-corrected chi connectivity index (χ4v) is 2.71. The van der Waals surface area contributed by atoms with Crippen molar-refractivity contribution in [2.24, 2.45) is 0 Å². The number of aliphatic hydroxyl groups excluding tert-OH is 1. The Kier molecular flexibility index (Phi) is 5.56. The van der Waals surface area contributed by atoms with E-state index in [4.69, 9.17) is 5.11 Å². The first-order valence-corrected chi connectivity index (χ1v) is 7.60. The van der Waals surface area contributed by atoms with Crippen LogP contribution in [0.3, 0.4) is 0 Å². The van der Waals surface area contributed by atoms with Crippen LogP contribution in [0.5, 0.6) is 0 Å². The number of hydrogen-bond donors (Lipinski definition) is 2. The first-order chi connectivity index (χ1) is 10.2. The van der Waals surface area contributed by atoms with Gasteiger partial charge in [0.15, 0.2) is 0 Å². The van der Waals surface area contributed by atoms with Gasteiger partial charge in [-0.15, -0.1) is 11.3 Å². The van der Waals surface area contributed by atoms with E-state index in [0.29, 0.717) is 12.1 Å². The maximum Gasteiger partial charge on any atom is 0.251 e. The number of nitrogens with one attached hydrogen (secondary N) is 1. The second-order valence-electron chi connectivity index (χ2n) is 4.52. The minimum absolute atomic E-state index is 0.0864. The van der Waals surface area contributed by atoms with Crippen LogP contribution in [0.15, 0.2) is 35.7 Å². The predicted molar refractivity (Wildman–Crippen MR) is 85.5 cm³/mol. The highest BCUT2D eigenvalue weighted by Gasteiger charge is 2.10. The summed E-state index contributed by atoms with van der Waals surface area (Å²) in [6.45, 7) is 2.30. The summed E-state index contributed by atoms with van der Waals surface area (Å²) >= 11 is 1.69. The average molecular weight is 299 g/mol. The molecule has 0 saturated heterocycles. The van der Waals surface area contributed by atoms with Crippen LogP contribution in [0.1, 0.15) is 26.4 Å². The predicted octanol–water partition coefficient (Wildman–Crippen LogP) is 2.37. The van der Waals surface area contributed by atoms with Crippen LogP contribution < -0.4 is 5.32 Å². The summed E-state index contributed by atoms with van der Waals surface area (Å²) in [6.07, 6.45) is 0.840. The van der Waals surface area contributed by atoms with E-state index in [-0.39, 0.29) is 12.5 Å². The van der Waals surface area contributed by atoms with Gasteiger partial charge in [0.05, 0.1) is 0 Å². The van der Waals surface area contributed by atoms with Gasteiger partial charge >= 0.3 is 0 Å². The minimum Gasteiger partial charge on any atom is -0.384 e. The first-order valence-electron chi connectivity index (χ1n) is 6.72. The van der Waals surface area contributed by atoms with Gasteiger partial charge in [0.1, 0.15) is 6.61 Å². The number of carbonyl (C=O) groups excluding carboxylic acids is 1. The molecule has 1 aromatic heterocycles. The summed E-state index contributed by atoms with van der Waals surface area (Å²) in [4.78, 5) is 13.5. The molecule has 0 aliphatic carbocycles. The van der Waals surface area contributed by atoms with E-state index < -0.39 is 0 Å². The number of carbonyl (C=O) groups is 1. The van der Waals surface area contributed by atoms with Crippen molar-refractivity contribution in [3.63, 3.8) is 0 Å². The van der Waals surface area contributed by atoms with E-state index in [1.54, 1.807) is 17.4 Å². The van der Waals surface area contributed by atoms with Crippen LogP contribution in [-0.2, 0) is 6.42 Å². The fourth-order valence-electron chi connectivity index (χ4n) is 2.00. The summed E-state index contributed by atoms with van der Waals surface area (Å²) in [5, 5.41) is 13.7. The quantitative estimate of drug-likeness (QED) is 0.852. The molecule has 0 bridgehead atoms. The number of thiophene rings is 1. The number of rotatable bonds is 4. The Labute approximate surface area is 128 Å². The Balaban J connectivity index is 2.01. The summed E-state index contributed by atoms with van der Waals surface area (Å²) in [5.74, 6) is 5.38. The van der Waals surface area contributed by atoms with Crippen molar-refractivity contribution in [2.75, 3.05) is 13.2 Å². The number of amides is 1. The van der Waals surface area contributed by atoms with Crippen LogP contribution in [0, 0.1) is 18.8 Å². The Morgan fingerprint density at radius 2 is 2.19 bits per heavy atom. The van der Waals surface area contributed by atoms with Gasteiger partial charge in [-0.05, 0) is 42.5 Å². The Morgan fingerprint density at radius 1 is 1.33 bits per heavy atom. The smallest absolute Gasteiger partial charge is 0.251 e. The van der Waals surface area contributed by atoms with Crippen molar-refractivity contribution < 1.29 is 9.90 Å². The van der Waals surface area contributed by atoms with E-state index in [9.17, 15) is 4.79 Å². The van der Waals surface area contributed by atoms with Crippen LogP contribution in [0.2, 0.25) is 0 Å². The van der Waals surface area contributed by atoms with Crippen LogP contribution >= 0.6 is 11.3 Å². The summed E-state index contributed by atoms with van der Waals surface area (Å²) < 4.78 is 0. The van der Waals surface area contributed by atoms with Crippen LogP contribution in [-0.4, -0.2) is 24.2 Å². The monoisotopic (exact) mass is 299 g/mol. The lowest BCUT2D eigenvalue weighted by molar-refractivity contribution is 0.0953. The van der Waals surface area contributed by atoms with Crippen molar-refractivity contribution >= 4 is 17.2 Å². The summed E-state index contributed by atoms with van der Waals surface area (Å²) in [7, 11) is 0. The highest BCUT2D eigenvalue weighted by Crippen LogP contribution is 2.13. The van der Waals surface area contributed by atoms with Gasteiger partial charge in [0.25, 0.3) is 5.91 Å². The highest BCUT2D eigenvalue weighted by molar-refractivity contribution is 7.09. The van der Waals surface area contributed by atoms with Gasteiger partial charge in [-0.2, -0.15) is 0 Å². The van der Waals surface area contributed by atoms with Gasteiger partial charge < -0.3 is 10.4 Å². The SMILES string of the molecule is Cc1c(C#CCO)cccc1C(=O)NCCc1cccs1. The third-order valence-electron chi connectivity index (χ3n) is 3.12. The van der Waals surface area contributed by atoms with Crippen molar-refractivity contribution in [1.29, 1.82) is 0 Å². The second kappa shape index (κ2) is 7.63. The second-order valence-corrected chi connectivity index (χ2v) is 5.56. The maximum atomic E-state index is 12.2. The maximum absolute atomic E-state index is 12.2. The first kappa shape index (κ1) is 15.3. The minimum atomic E-state index is -0.184. The van der Waals surface area contributed by atoms with Crippen LogP contribution in [0.4, 0.5) is 0 Å². The van der Waals surface area contributed by atoms with E-state index in [2.05, 4.69) is 23.2 Å². The topological polar surface area (TPSA) is 49.3 Å². The van der Waals surface area contributed by atoms with Gasteiger partial charge in [0.2, 0.25) is 0 Å². The molecule has 0 unspecified atom stereocenters. The molecule has 1 heterocycles. The van der Waals surface area contributed by atoms with Gasteiger partial charge in [-0.3, -0.25) is 4.79 Å². The average Bonchev–Trinajstić information content (AvgIpc) is 2.99. The third kappa shape index (κ3) is 4.19. The standard InChI is InChI=1S/C17H17NO2S/c1-13-14(6-3-11-19)5-2-8-16(13)17(20)18-10-9-15-7-4-12-21-15/h2,4-5,7-8,12,19H,9-11H2,1H3,(H,18,20). The molecule has 3 nitrogen and oxygen atoms in total. The zero-order valence-corrected chi connectivity index (χ0v) is 12.7. The molecular weight excluding hydrogens is 282 g/mol. The summed E-state index contributed by atoms with van der Waals surface area (Å²) in [6, 6.07) is 9.52. The molecule has 1 amide bonds. The molecule has 2 aromatic rings. The van der Waals surface area contributed by atoms with E-state index in [1.165, 1.54) is 4.88 Å². The molecule has 2 N–H and O–H groups in total. The van der Waals surface area contributed by atoms with Gasteiger partial charge in [0, 0.05) is 22.5 Å². The zero-order valence-electron chi connectivity index (χ0n) is 11.8. The molecule has 4 heteroatoms. The molecule has 21 heavy (non-hydrogen) atoms. The molecule has 108 valence electrons. The molecule has 0 spiro atoms. The molecule has 0 atom stereocenters. The van der Waals surface area contributed by atoms with Gasteiger partial charge in [-0.1, -0.05) is 24.0 Å². The zero-order chi connectivity index (χ0) is 15.1. The molecule has 1 aromatic carbocycles. The molecule has 2 rings (SSSR count). The lowest BCUT2D eigenvalue weighted by atomic mass is 10.0. The largest absolute Gasteiger partial charge is 0.384 e. The lowest BCUT2D eigenvalue weighted by Gasteiger charge is -2.08. The highest BCUT2D eigenvalue weighted by atomic mass is 32.1. The van der Waals surface area contributed by atoms with Crippen molar-refractivity contribution in [2.45, 2.75) is 13.3 Å². The van der Waals surface area contributed by atoms with Crippen molar-refractivity contribution in [3.8, 4) is 11.8 Å². The molecule has 0 aliphatic rings. The van der Waals surface area contributed by atoms with Crippen molar-refractivity contribution in [3.05, 3.63) is 57.3 Å². The molecule has 0 radical (unpaired) electrons. The normalized spacial score (nSPS) is 9.81.